The number of azide groups is 1. The molecule has 111 heavy (non-hydrogen) atoms. The van der Waals surface area contributed by atoms with Gasteiger partial charge >= 0.3 is 23.5 Å². The molecule has 2 amide bonds. The third-order valence-electron chi connectivity index (χ3n) is 17.9. The number of aryl methyl sites for hydroxylation is 1. The predicted molar refractivity (Wildman–Crippen MR) is 421 cm³/mol. The van der Waals surface area contributed by atoms with Crippen LogP contribution in [0, 0.1) is 18.8 Å². The number of carbonyl (C=O) groups excluding carboxylic acids is 3. The molecule has 5 heterocycles. The number of unbranched alkanes of at least 4 members (excludes halogenated alkanes) is 2. The average molecular weight is 1660 g/mol. The number of allylic oxidation sites excluding steroid dienone is 6. The van der Waals surface area contributed by atoms with Gasteiger partial charge in [-0.25, -0.2) is 13.7 Å². The van der Waals surface area contributed by atoms with Crippen LogP contribution in [0.1, 0.15) is 158 Å². The number of anilines is 2. The molecule has 0 spiro atoms. The summed E-state index contributed by atoms with van der Waals surface area (Å²) in [6.45, 7) is 18.8. The second-order valence-corrected chi connectivity index (χ2v) is 37.0. The maximum atomic E-state index is 13.3. The lowest BCUT2D eigenvalue weighted by molar-refractivity contribution is -0.437. The van der Waals surface area contributed by atoms with Crippen LogP contribution in [-0.2, 0) is 76.3 Å². The molecule has 3 aromatic carbocycles. The molecule has 2 aromatic heterocycles. The predicted octanol–water partition coefficient (Wildman–Crippen LogP) is 11.9. The van der Waals surface area contributed by atoms with E-state index in [1.807, 2.05) is 32.9 Å². The van der Waals surface area contributed by atoms with Crippen molar-refractivity contribution in [1.82, 2.24) is 25.2 Å². The number of nitrogen functional groups attached to an aromatic ring is 1. The molecular weight excluding hydrogens is 1560 g/mol. The maximum Gasteiger partial charge on any atom is 0.490 e. The molecule has 5 aromatic rings. The highest BCUT2D eigenvalue weighted by Crippen LogP contribution is 2.66. The molecule has 1 saturated heterocycles. The molecule has 33 nitrogen and oxygen atoms in total. The number of aromatic amines is 1. The van der Waals surface area contributed by atoms with Gasteiger partial charge in [0.1, 0.15) is 49.6 Å². The van der Waals surface area contributed by atoms with Gasteiger partial charge < -0.3 is 69.1 Å². The summed E-state index contributed by atoms with van der Waals surface area (Å²) < 4.78 is 116. The lowest BCUT2D eigenvalue weighted by Crippen LogP contribution is -2.29. The Labute approximate surface area is 652 Å². The summed E-state index contributed by atoms with van der Waals surface area (Å²) in [4.78, 5) is 102. The van der Waals surface area contributed by atoms with Crippen LogP contribution in [0.15, 0.2) is 118 Å². The number of benzene rings is 3. The van der Waals surface area contributed by atoms with Crippen molar-refractivity contribution in [3.63, 3.8) is 0 Å². The van der Waals surface area contributed by atoms with Crippen LogP contribution < -0.4 is 31.6 Å². The number of carbonyl (C=O) groups is 3. The number of phosphoric ester groups is 1. The molecule has 1 fully saturated rings. The van der Waals surface area contributed by atoms with Crippen molar-refractivity contribution in [2.45, 2.75) is 172 Å². The van der Waals surface area contributed by atoms with Crippen molar-refractivity contribution in [2.75, 3.05) is 75.8 Å². The van der Waals surface area contributed by atoms with E-state index in [0.29, 0.717) is 32.2 Å². The number of hydrogen-bond acceptors (Lipinski definition) is 23. The van der Waals surface area contributed by atoms with Crippen LogP contribution in [0.4, 0.5) is 17.3 Å². The minimum atomic E-state index is -5.83. The number of ketones is 1. The van der Waals surface area contributed by atoms with Crippen LogP contribution in [0.2, 0.25) is 0 Å². The van der Waals surface area contributed by atoms with E-state index >= 15 is 0 Å². The number of nitrogens with one attached hydrogen (secondary N) is 3. The van der Waals surface area contributed by atoms with Gasteiger partial charge in [0.05, 0.1) is 53.7 Å². The van der Waals surface area contributed by atoms with Crippen molar-refractivity contribution in [3.05, 3.63) is 152 Å². The van der Waals surface area contributed by atoms with E-state index in [-0.39, 0.29) is 106 Å². The zero-order chi connectivity index (χ0) is 81.1. The molecular formula is C72H97N11O22P3S3+. The highest BCUT2D eigenvalue weighted by atomic mass is 33.1. The summed E-state index contributed by atoms with van der Waals surface area (Å²) in [7, 11) is -18.7. The van der Waals surface area contributed by atoms with Gasteiger partial charge in [-0.05, 0) is 113 Å². The molecule has 3 aliphatic rings. The highest BCUT2D eigenvalue weighted by Gasteiger charge is 2.47. The summed E-state index contributed by atoms with van der Waals surface area (Å²) >= 11 is 0. The first-order valence-corrected chi connectivity index (χ1v) is 44.1. The van der Waals surface area contributed by atoms with Crippen molar-refractivity contribution in [1.29, 1.82) is 0 Å². The fourth-order valence-electron chi connectivity index (χ4n) is 13.0. The topological polar surface area (TPSA) is 467 Å². The normalized spacial score (nSPS) is 19.4. The smallest absolute Gasteiger partial charge is 0.490 e. The second kappa shape index (κ2) is 39.6. The number of aromatic nitrogens is 3. The van der Waals surface area contributed by atoms with Crippen LogP contribution in [-0.4, -0.2) is 163 Å². The van der Waals surface area contributed by atoms with Crippen LogP contribution in [0.25, 0.3) is 21.5 Å². The van der Waals surface area contributed by atoms with E-state index in [4.69, 9.17) is 43.7 Å². The van der Waals surface area contributed by atoms with E-state index in [0.717, 1.165) is 49.2 Å². The number of H-pyrrole nitrogens is 1. The van der Waals surface area contributed by atoms with Gasteiger partial charge in [0, 0.05) is 94.7 Å². The standard InChI is InChI=1S/C72H96N11O22P3S3/c1-10-35-81-56-30-28-48(3)39-54(56)71(7,8)60(81)26-15-12-16-27-61-72(9,55-41-53(111(95,96)97)29-31-57(55)82(61)36-11-2)32-17-13-14-23-51(84)24-20-34-76-67(86)49-21-18-25-52(40-49)100-46-63(79-80-74)99-38-37-98-45-62(85)75-33-19-22-50-43-83(66-65(50)68(87)78-69(73)77-66)64-42-58(101-47-109-110-70(4,5)6)59(103-64)44-102-107(91,92)105-108(93,94)104-106(88,89)90/h12,15-16,18,21,25-31,39-41,43,58-59,63-64H,10-11,13-14,17,20,23-24,32-38,42,44-47H2,1-9H3,(H9-,73,75,76,77,78,85,86,87,88,89,90,91,92,93,94,95,96,97)/p+1/t58?,59-,63?,64-,72?/m1/s1. The van der Waals surface area contributed by atoms with Gasteiger partial charge in [-0.2, -0.15) is 26.6 Å². The number of Topliss-reactive ketones (excluding diaryl/α,β-unsaturated/α-hetero) is 1. The molecule has 3 aliphatic heterocycles. The number of rotatable bonds is 42. The number of nitrogens with two attached hydrogens (primary N) is 1. The van der Waals surface area contributed by atoms with E-state index in [2.05, 4.69) is 139 Å². The van der Waals surface area contributed by atoms with E-state index in [9.17, 15) is 61.2 Å². The van der Waals surface area contributed by atoms with E-state index in [1.165, 1.54) is 67.0 Å². The average Bonchev–Trinajstić information content (AvgIpc) is 1.59. The van der Waals surface area contributed by atoms with Crippen LogP contribution >= 0.6 is 45.1 Å². The van der Waals surface area contributed by atoms with E-state index < -0.39 is 94.3 Å². The quantitative estimate of drug-likeness (QED) is 0.00150. The molecule has 5 unspecified atom stereocenters. The number of hydrogen-bond donors (Lipinski definition) is 9. The second-order valence-electron chi connectivity index (χ2n) is 28.1. The van der Waals surface area contributed by atoms with Gasteiger partial charge in [-0.1, -0.05) is 122 Å². The summed E-state index contributed by atoms with van der Waals surface area (Å²) in [5.41, 5.74) is 21.8. The molecule has 0 saturated carbocycles. The Morgan fingerprint density at radius 1 is 0.964 bits per heavy atom. The number of ether oxygens (including phenoxy) is 5. The molecule has 10 N–H and O–H groups in total. The minimum absolute atomic E-state index is 0.00314. The first kappa shape index (κ1) is 89.3. The Balaban J connectivity index is 0.756. The zero-order valence-corrected chi connectivity index (χ0v) is 68.3. The SMILES string of the molecule is CCCN1\C(=C/C=C/C=C/C2=[N+](CCC)c3ccc(C)cc3C2(C)C)C(C)(CCCCCC(=O)CCCNC(=O)c2cccc(OCC(N=[N+]=[N-])OCCOCC(=O)NCC#Cc3cn([C@H]4CC(OCSSC(C)(C)C)[C@@H](COP(=O)(O)OP(=O)(O)OP(=O)(O)O)O4)c4nc(N)[nH]c(=O)c34)c2)c2cc(S(=O)(=O)O)ccc21. The van der Waals surface area contributed by atoms with Gasteiger partial charge in [-0.3, -0.25) is 33.2 Å². The molecule has 8 rings (SSSR count). The number of nitrogens with zero attached hydrogens (tertiary/aromatic N) is 7. The fraction of sp³-hybridized carbons (Fsp3) is 0.500. The summed E-state index contributed by atoms with van der Waals surface area (Å²) in [5.74, 6) is 4.74. The molecule has 7 atom stereocenters. The third-order valence-corrected chi connectivity index (χ3v) is 25.6. The largest absolute Gasteiger partial charge is 0.491 e. The van der Waals surface area contributed by atoms with Crippen molar-refractivity contribution in [3.8, 4) is 17.6 Å². The first-order chi connectivity index (χ1) is 52.4. The Morgan fingerprint density at radius 2 is 1.73 bits per heavy atom. The highest BCUT2D eigenvalue weighted by molar-refractivity contribution is 8.77. The third kappa shape index (κ3) is 25.6. The minimum Gasteiger partial charge on any atom is -0.491 e. The summed E-state index contributed by atoms with van der Waals surface area (Å²) in [6, 6.07) is 17.8. The maximum absolute atomic E-state index is 13.3. The lowest BCUT2D eigenvalue weighted by atomic mass is 9.77. The number of amides is 2. The Hall–Kier alpha value is -7.29. The van der Waals surface area contributed by atoms with Crippen molar-refractivity contribution >= 4 is 107 Å². The van der Waals surface area contributed by atoms with Gasteiger partial charge in [0.25, 0.3) is 21.6 Å². The zero-order valence-electron chi connectivity index (χ0n) is 63.1. The lowest BCUT2D eigenvalue weighted by Gasteiger charge is -2.30. The van der Waals surface area contributed by atoms with E-state index in [1.54, 1.807) is 30.3 Å². The van der Waals surface area contributed by atoms with Crippen LogP contribution in [0.3, 0.4) is 0 Å². The molecule has 0 radical (unpaired) electrons. The fourth-order valence-corrected chi connectivity index (χ4v) is 18.5. The molecule has 0 aliphatic carbocycles. The van der Waals surface area contributed by atoms with Gasteiger partial charge in [-0.15, -0.1) is 0 Å². The van der Waals surface area contributed by atoms with Crippen LogP contribution in [0.5, 0.6) is 5.75 Å². The molecule has 604 valence electrons. The number of phosphoric acid groups is 3. The Morgan fingerprint density at radius 3 is 2.45 bits per heavy atom. The monoisotopic (exact) mass is 1660 g/mol. The Kier molecular flexibility index (Phi) is 31.9. The number of fused-ring (bicyclic) bond motifs is 3. The Bertz CT molecular complexity index is 4770. The van der Waals surface area contributed by atoms with Crippen molar-refractivity contribution < 1.29 is 102 Å². The molecule has 0 bridgehead atoms. The van der Waals surface area contributed by atoms with Gasteiger partial charge in [0.2, 0.25) is 17.5 Å². The first-order valence-electron chi connectivity index (χ1n) is 35.8. The molecule has 39 heteroatoms. The summed E-state index contributed by atoms with van der Waals surface area (Å²) in [6.07, 6.45) is 13.2. The van der Waals surface area contributed by atoms with Crippen molar-refractivity contribution in [2.24, 2.45) is 5.11 Å². The van der Waals surface area contributed by atoms with Gasteiger partial charge in [0.15, 0.2) is 17.6 Å². The summed E-state index contributed by atoms with van der Waals surface area (Å²) in [5, 5.41) is 9.02.